The molecule has 2 aromatic rings. The highest BCUT2D eigenvalue weighted by atomic mass is 32.1. The SMILES string of the molecule is Cc1csc(CNC(C)CCc2ccc3c(c2)OCO3)n1. The molecule has 1 aliphatic rings. The zero-order chi connectivity index (χ0) is 14.7. The number of thiazole rings is 1. The molecule has 0 saturated carbocycles. The third-order valence-electron chi connectivity index (χ3n) is 3.57. The number of nitrogens with one attached hydrogen (secondary N) is 1. The molecule has 0 spiro atoms. The number of ether oxygens (including phenoxy) is 2. The zero-order valence-corrected chi connectivity index (χ0v) is 13.2. The maximum absolute atomic E-state index is 5.41. The van der Waals surface area contributed by atoms with E-state index in [2.05, 4.69) is 34.7 Å². The fourth-order valence-electron chi connectivity index (χ4n) is 2.33. The van der Waals surface area contributed by atoms with Crippen molar-refractivity contribution >= 4 is 11.3 Å². The molecule has 4 nitrogen and oxygen atoms in total. The Bertz CT molecular complexity index is 612. The van der Waals surface area contributed by atoms with Gasteiger partial charge in [-0.15, -0.1) is 11.3 Å². The molecule has 0 fully saturated rings. The smallest absolute Gasteiger partial charge is 0.231 e. The molecule has 1 aromatic carbocycles. The van der Waals surface area contributed by atoms with Crippen LogP contribution in [0.3, 0.4) is 0 Å². The highest BCUT2D eigenvalue weighted by molar-refractivity contribution is 7.09. The Morgan fingerprint density at radius 2 is 2.19 bits per heavy atom. The number of aryl methyl sites for hydroxylation is 2. The lowest BCUT2D eigenvalue weighted by Gasteiger charge is -2.12. The first-order valence-electron chi connectivity index (χ1n) is 7.23. The van der Waals surface area contributed by atoms with Crippen molar-refractivity contribution < 1.29 is 9.47 Å². The average molecular weight is 304 g/mol. The van der Waals surface area contributed by atoms with Crippen LogP contribution < -0.4 is 14.8 Å². The summed E-state index contributed by atoms with van der Waals surface area (Å²) in [6, 6.07) is 6.65. The van der Waals surface area contributed by atoms with Crippen molar-refractivity contribution in [3.63, 3.8) is 0 Å². The molecule has 0 bridgehead atoms. The van der Waals surface area contributed by atoms with Crippen LogP contribution in [0, 0.1) is 6.92 Å². The normalized spacial score (nSPS) is 14.4. The second-order valence-electron chi connectivity index (χ2n) is 5.39. The lowest BCUT2D eigenvalue weighted by Crippen LogP contribution is -2.25. The topological polar surface area (TPSA) is 43.4 Å². The fourth-order valence-corrected chi connectivity index (χ4v) is 3.05. The van der Waals surface area contributed by atoms with Crippen molar-refractivity contribution in [2.24, 2.45) is 0 Å². The van der Waals surface area contributed by atoms with E-state index < -0.39 is 0 Å². The van der Waals surface area contributed by atoms with E-state index in [0.717, 1.165) is 41.6 Å². The van der Waals surface area contributed by atoms with Crippen LogP contribution in [0.4, 0.5) is 0 Å². The van der Waals surface area contributed by atoms with Gasteiger partial charge in [0.2, 0.25) is 6.79 Å². The van der Waals surface area contributed by atoms with E-state index in [1.165, 1.54) is 5.56 Å². The summed E-state index contributed by atoms with van der Waals surface area (Å²) in [5, 5.41) is 6.77. The van der Waals surface area contributed by atoms with Gasteiger partial charge in [-0.05, 0) is 44.4 Å². The van der Waals surface area contributed by atoms with Crippen molar-refractivity contribution in [1.82, 2.24) is 10.3 Å². The molecule has 2 heterocycles. The molecule has 1 unspecified atom stereocenters. The van der Waals surface area contributed by atoms with Gasteiger partial charge in [0.15, 0.2) is 11.5 Å². The van der Waals surface area contributed by atoms with Crippen molar-refractivity contribution in [3.8, 4) is 11.5 Å². The largest absolute Gasteiger partial charge is 0.454 e. The number of aromatic nitrogens is 1. The molecule has 0 radical (unpaired) electrons. The fraction of sp³-hybridized carbons (Fsp3) is 0.438. The van der Waals surface area contributed by atoms with Gasteiger partial charge in [-0.1, -0.05) is 6.07 Å². The van der Waals surface area contributed by atoms with Crippen LogP contribution in [0.2, 0.25) is 0 Å². The van der Waals surface area contributed by atoms with Crippen LogP contribution in [0.5, 0.6) is 11.5 Å². The van der Waals surface area contributed by atoms with Gasteiger partial charge in [0.1, 0.15) is 5.01 Å². The quantitative estimate of drug-likeness (QED) is 0.889. The minimum absolute atomic E-state index is 0.337. The summed E-state index contributed by atoms with van der Waals surface area (Å²) < 4.78 is 10.7. The highest BCUT2D eigenvalue weighted by Gasteiger charge is 2.13. The molecule has 112 valence electrons. The summed E-state index contributed by atoms with van der Waals surface area (Å²) in [7, 11) is 0. The molecule has 21 heavy (non-hydrogen) atoms. The summed E-state index contributed by atoms with van der Waals surface area (Å²) in [6.07, 6.45) is 2.12. The standard InChI is InChI=1S/C16H20N2O2S/c1-11(17-8-16-18-12(2)9-21-16)3-4-13-5-6-14-15(7-13)20-10-19-14/h5-7,9,11,17H,3-4,8,10H2,1-2H3. The van der Waals surface area contributed by atoms with Gasteiger partial charge < -0.3 is 14.8 Å². The first-order chi connectivity index (χ1) is 10.2. The van der Waals surface area contributed by atoms with E-state index in [1.54, 1.807) is 11.3 Å². The maximum atomic E-state index is 5.41. The first kappa shape index (κ1) is 14.4. The minimum Gasteiger partial charge on any atom is -0.454 e. The van der Waals surface area contributed by atoms with E-state index in [-0.39, 0.29) is 0 Å². The second-order valence-corrected chi connectivity index (χ2v) is 6.33. The molecular formula is C16H20N2O2S. The Morgan fingerprint density at radius 1 is 1.33 bits per heavy atom. The predicted molar refractivity (Wildman–Crippen MR) is 84.0 cm³/mol. The molecule has 0 amide bonds. The van der Waals surface area contributed by atoms with Crippen molar-refractivity contribution in [2.75, 3.05) is 6.79 Å². The van der Waals surface area contributed by atoms with Crippen molar-refractivity contribution in [2.45, 2.75) is 39.3 Å². The van der Waals surface area contributed by atoms with Gasteiger partial charge in [0.25, 0.3) is 0 Å². The summed E-state index contributed by atoms with van der Waals surface area (Å²) in [5.74, 6) is 1.72. The third-order valence-corrected chi connectivity index (χ3v) is 4.54. The molecule has 5 heteroatoms. The molecule has 1 aliphatic heterocycles. The van der Waals surface area contributed by atoms with Crippen LogP contribution in [0.25, 0.3) is 0 Å². The van der Waals surface area contributed by atoms with Crippen LogP contribution in [0.15, 0.2) is 23.6 Å². The Balaban J connectivity index is 1.46. The van der Waals surface area contributed by atoms with E-state index in [1.807, 2.05) is 13.0 Å². The number of nitrogens with zero attached hydrogens (tertiary/aromatic N) is 1. The van der Waals surface area contributed by atoms with E-state index in [9.17, 15) is 0 Å². The summed E-state index contributed by atoms with van der Waals surface area (Å²) in [4.78, 5) is 4.47. The molecule has 1 N–H and O–H groups in total. The third kappa shape index (κ3) is 3.74. The van der Waals surface area contributed by atoms with Crippen LogP contribution >= 0.6 is 11.3 Å². The Kier molecular flexibility index (Phi) is 4.41. The van der Waals surface area contributed by atoms with Gasteiger partial charge in [-0.3, -0.25) is 0 Å². The van der Waals surface area contributed by atoms with Crippen LogP contribution in [-0.4, -0.2) is 17.8 Å². The van der Waals surface area contributed by atoms with Gasteiger partial charge in [-0.2, -0.15) is 0 Å². The van der Waals surface area contributed by atoms with Gasteiger partial charge in [-0.25, -0.2) is 4.98 Å². The lowest BCUT2D eigenvalue weighted by molar-refractivity contribution is 0.174. The molecule has 3 rings (SSSR count). The number of fused-ring (bicyclic) bond motifs is 1. The average Bonchev–Trinajstić information content (AvgIpc) is 3.10. The van der Waals surface area contributed by atoms with Crippen LogP contribution in [-0.2, 0) is 13.0 Å². The molecule has 1 aromatic heterocycles. The number of benzene rings is 1. The number of rotatable bonds is 6. The van der Waals surface area contributed by atoms with Crippen molar-refractivity contribution in [1.29, 1.82) is 0 Å². The summed E-state index contributed by atoms with van der Waals surface area (Å²) in [6.45, 7) is 5.43. The molecule has 1 atom stereocenters. The van der Waals surface area contributed by atoms with E-state index >= 15 is 0 Å². The Hall–Kier alpha value is -1.59. The highest BCUT2D eigenvalue weighted by Crippen LogP contribution is 2.32. The van der Waals surface area contributed by atoms with Gasteiger partial charge in [0, 0.05) is 23.7 Å². The van der Waals surface area contributed by atoms with Crippen LogP contribution in [0.1, 0.15) is 29.6 Å². The number of hydrogen-bond donors (Lipinski definition) is 1. The van der Waals surface area contributed by atoms with E-state index in [4.69, 9.17) is 9.47 Å². The monoisotopic (exact) mass is 304 g/mol. The molecular weight excluding hydrogens is 284 g/mol. The minimum atomic E-state index is 0.337. The second kappa shape index (κ2) is 6.45. The summed E-state index contributed by atoms with van der Waals surface area (Å²) >= 11 is 1.72. The molecule has 0 saturated heterocycles. The lowest BCUT2D eigenvalue weighted by atomic mass is 10.1. The first-order valence-corrected chi connectivity index (χ1v) is 8.11. The Labute approximate surface area is 129 Å². The maximum Gasteiger partial charge on any atom is 0.231 e. The summed E-state index contributed by atoms with van der Waals surface area (Å²) in [5.41, 5.74) is 2.39. The zero-order valence-electron chi connectivity index (χ0n) is 12.4. The Morgan fingerprint density at radius 3 is 3.00 bits per heavy atom. The van der Waals surface area contributed by atoms with Gasteiger partial charge >= 0.3 is 0 Å². The van der Waals surface area contributed by atoms with Crippen molar-refractivity contribution in [3.05, 3.63) is 39.8 Å². The predicted octanol–water partition coefficient (Wildman–Crippen LogP) is 3.29. The number of hydrogen-bond acceptors (Lipinski definition) is 5. The van der Waals surface area contributed by atoms with Gasteiger partial charge in [0.05, 0.1) is 0 Å². The van der Waals surface area contributed by atoms with E-state index in [0.29, 0.717) is 12.8 Å². The molecule has 0 aliphatic carbocycles.